The van der Waals surface area contributed by atoms with Gasteiger partial charge < -0.3 is 16.0 Å². The minimum absolute atomic E-state index is 0.317. The summed E-state index contributed by atoms with van der Waals surface area (Å²) >= 11 is 4.83. The molecule has 0 radical (unpaired) electrons. The number of nitrogens with two attached hydrogens (primary N) is 1. The molecule has 0 atom stereocenters. The Labute approximate surface area is 102 Å². The molecular formula is C12H17N3S. The third-order valence-corrected chi connectivity index (χ3v) is 3.04. The second-order valence-corrected chi connectivity index (χ2v) is 4.62. The summed E-state index contributed by atoms with van der Waals surface area (Å²) in [6, 6.07) is 6.35. The zero-order valence-electron chi connectivity index (χ0n) is 9.49. The van der Waals surface area contributed by atoms with Crippen LogP contribution in [0.5, 0.6) is 0 Å². The molecule has 1 saturated heterocycles. The molecule has 1 aromatic carbocycles. The second kappa shape index (κ2) is 4.70. The normalized spacial score (nSPS) is 15.2. The molecule has 16 heavy (non-hydrogen) atoms. The van der Waals surface area contributed by atoms with Gasteiger partial charge in [0, 0.05) is 24.5 Å². The van der Waals surface area contributed by atoms with E-state index in [1.165, 1.54) is 37.2 Å². The SMILES string of the molecule is Cc1cc(N2CCCC2)ccc1NC(N)=S. The van der Waals surface area contributed by atoms with Crippen LogP contribution in [0.25, 0.3) is 0 Å². The van der Waals surface area contributed by atoms with Gasteiger partial charge in [-0.05, 0) is 55.7 Å². The molecule has 0 spiro atoms. The van der Waals surface area contributed by atoms with Gasteiger partial charge in [0.1, 0.15) is 0 Å². The molecule has 1 heterocycles. The Bertz CT molecular complexity index is 397. The van der Waals surface area contributed by atoms with Crippen LogP contribution >= 0.6 is 12.2 Å². The van der Waals surface area contributed by atoms with Crippen molar-refractivity contribution in [2.24, 2.45) is 5.73 Å². The molecule has 0 unspecified atom stereocenters. The molecule has 2 rings (SSSR count). The van der Waals surface area contributed by atoms with Crippen LogP contribution in [0.1, 0.15) is 18.4 Å². The summed E-state index contributed by atoms with van der Waals surface area (Å²) in [7, 11) is 0. The lowest BCUT2D eigenvalue weighted by atomic mass is 10.1. The van der Waals surface area contributed by atoms with Gasteiger partial charge >= 0.3 is 0 Å². The quantitative estimate of drug-likeness (QED) is 0.772. The van der Waals surface area contributed by atoms with E-state index in [9.17, 15) is 0 Å². The molecule has 3 nitrogen and oxygen atoms in total. The Morgan fingerprint density at radius 1 is 1.38 bits per heavy atom. The van der Waals surface area contributed by atoms with Crippen LogP contribution in [0.15, 0.2) is 18.2 Å². The number of aryl methyl sites for hydroxylation is 1. The number of hydrogen-bond donors (Lipinski definition) is 2. The molecule has 4 heteroatoms. The van der Waals surface area contributed by atoms with E-state index in [1.54, 1.807) is 0 Å². The largest absolute Gasteiger partial charge is 0.376 e. The van der Waals surface area contributed by atoms with Crippen molar-refractivity contribution >= 4 is 28.7 Å². The number of benzene rings is 1. The lowest BCUT2D eigenvalue weighted by molar-refractivity contribution is 0.949. The highest BCUT2D eigenvalue weighted by Gasteiger charge is 2.12. The number of hydrogen-bond acceptors (Lipinski definition) is 2. The van der Waals surface area contributed by atoms with Gasteiger partial charge in [0.2, 0.25) is 0 Å². The molecule has 0 bridgehead atoms. The van der Waals surface area contributed by atoms with Crippen molar-refractivity contribution in [2.75, 3.05) is 23.3 Å². The van der Waals surface area contributed by atoms with E-state index in [-0.39, 0.29) is 0 Å². The van der Waals surface area contributed by atoms with Crippen LogP contribution in [0, 0.1) is 6.92 Å². The Morgan fingerprint density at radius 2 is 2.06 bits per heavy atom. The predicted octanol–water partition coefficient (Wildman–Crippen LogP) is 2.25. The molecule has 3 N–H and O–H groups in total. The van der Waals surface area contributed by atoms with E-state index < -0.39 is 0 Å². The maximum absolute atomic E-state index is 5.46. The summed E-state index contributed by atoms with van der Waals surface area (Å²) in [5, 5.41) is 3.30. The third kappa shape index (κ3) is 2.44. The molecular weight excluding hydrogens is 218 g/mol. The summed E-state index contributed by atoms with van der Waals surface area (Å²) in [5.41, 5.74) is 8.93. The molecule has 0 aliphatic carbocycles. The molecule has 0 saturated carbocycles. The lowest BCUT2D eigenvalue weighted by Crippen LogP contribution is -2.20. The van der Waals surface area contributed by atoms with Crippen molar-refractivity contribution in [3.8, 4) is 0 Å². The molecule has 0 aromatic heterocycles. The van der Waals surface area contributed by atoms with Crippen molar-refractivity contribution < 1.29 is 0 Å². The summed E-state index contributed by atoms with van der Waals surface area (Å²) in [5.74, 6) is 0. The molecule has 1 aliphatic heterocycles. The summed E-state index contributed by atoms with van der Waals surface area (Å²) in [4.78, 5) is 2.41. The second-order valence-electron chi connectivity index (χ2n) is 4.18. The van der Waals surface area contributed by atoms with Crippen molar-refractivity contribution in [2.45, 2.75) is 19.8 Å². The van der Waals surface area contributed by atoms with Gasteiger partial charge in [-0.3, -0.25) is 0 Å². The van der Waals surface area contributed by atoms with E-state index in [4.69, 9.17) is 18.0 Å². The Balaban J connectivity index is 2.18. The highest BCUT2D eigenvalue weighted by atomic mass is 32.1. The van der Waals surface area contributed by atoms with Crippen molar-refractivity contribution in [3.63, 3.8) is 0 Å². The molecule has 1 fully saturated rings. The number of rotatable bonds is 2. The van der Waals surface area contributed by atoms with Crippen LogP contribution in [-0.4, -0.2) is 18.2 Å². The number of thiocarbonyl (C=S) groups is 1. The van der Waals surface area contributed by atoms with Crippen molar-refractivity contribution in [1.82, 2.24) is 0 Å². The minimum Gasteiger partial charge on any atom is -0.376 e. The van der Waals surface area contributed by atoms with Gasteiger partial charge in [-0.2, -0.15) is 0 Å². The number of anilines is 2. The fraction of sp³-hybridized carbons (Fsp3) is 0.417. The Kier molecular flexibility index (Phi) is 3.29. The first-order valence-corrected chi connectivity index (χ1v) is 6.00. The average Bonchev–Trinajstić information content (AvgIpc) is 2.73. The topological polar surface area (TPSA) is 41.3 Å². The van der Waals surface area contributed by atoms with E-state index in [0.717, 1.165) is 5.69 Å². The fourth-order valence-corrected chi connectivity index (χ4v) is 2.20. The van der Waals surface area contributed by atoms with Gasteiger partial charge in [0.15, 0.2) is 5.11 Å². The first-order chi connectivity index (χ1) is 7.66. The highest BCUT2D eigenvalue weighted by Crippen LogP contribution is 2.25. The molecule has 1 aliphatic rings. The third-order valence-electron chi connectivity index (χ3n) is 2.94. The van der Waals surface area contributed by atoms with Gasteiger partial charge in [-0.1, -0.05) is 0 Å². The van der Waals surface area contributed by atoms with Gasteiger partial charge in [-0.15, -0.1) is 0 Å². The van der Waals surface area contributed by atoms with E-state index in [2.05, 4.69) is 29.3 Å². The minimum atomic E-state index is 0.317. The zero-order chi connectivity index (χ0) is 11.5. The fourth-order valence-electron chi connectivity index (χ4n) is 2.09. The first kappa shape index (κ1) is 11.2. The number of nitrogens with one attached hydrogen (secondary N) is 1. The summed E-state index contributed by atoms with van der Waals surface area (Å²) < 4.78 is 0. The molecule has 0 amide bonds. The van der Waals surface area contributed by atoms with Crippen molar-refractivity contribution in [1.29, 1.82) is 0 Å². The lowest BCUT2D eigenvalue weighted by Gasteiger charge is -2.19. The highest BCUT2D eigenvalue weighted by molar-refractivity contribution is 7.80. The maximum atomic E-state index is 5.46. The number of nitrogens with zero attached hydrogens (tertiary/aromatic N) is 1. The van der Waals surface area contributed by atoms with Crippen LogP contribution < -0.4 is 16.0 Å². The average molecular weight is 235 g/mol. The Morgan fingerprint density at radius 3 is 2.62 bits per heavy atom. The Hall–Kier alpha value is -1.29. The zero-order valence-corrected chi connectivity index (χ0v) is 10.3. The predicted molar refractivity (Wildman–Crippen MR) is 73.0 cm³/mol. The van der Waals surface area contributed by atoms with Gasteiger partial charge in [0.25, 0.3) is 0 Å². The van der Waals surface area contributed by atoms with Crippen LogP contribution in [0.3, 0.4) is 0 Å². The van der Waals surface area contributed by atoms with E-state index in [1.807, 2.05) is 6.07 Å². The monoisotopic (exact) mass is 235 g/mol. The summed E-state index contributed by atoms with van der Waals surface area (Å²) in [6.07, 6.45) is 2.60. The van der Waals surface area contributed by atoms with Crippen LogP contribution in [0.2, 0.25) is 0 Å². The first-order valence-electron chi connectivity index (χ1n) is 5.59. The summed E-state index contributed by atoms with van der Waals surface area (Å²) in [6.45, 7) is 4.41. The van der Waals surface area contributed by atoms with Crippen LogP contribution in [-0.2, 0) is 0 Å². The maximum Gasteiger partial charge on any atom is 0.168 e. The van der Waals surface area contributed by atoms with E-state index in [0.29, 0.717) is 5.11 Å². The van der Waals surface area contributed by atoms with Crippen molar-refractivity contribution in [3.05, 3.63) is 23.8 Å². The smallest absolute Gasteiger partial charge is 0.168 e. The molecule has 86 valence electrons. The van der Waals surface area contributed by atoms with Crippen LogP contribution in [0.4, 0.5) is 11.4 Å². The molecule has 1 aromatic rings. The van der Waals surface area contributed by atoms with Gasteiger partial charge in [0.05, 0.1) is 0 Å². The standard InChI is InChI=1S/C12H17N3S/c1-9-8-10(15-6-2-3-7-15)4-5-11(9)14-12(13)16/h4-5,8H,2-3,6-7H2,1H3,(H3,13,14,16). The van der Waals surface area contributed by atoms with E-state index >= 15 is 0 Å². The van der Waals surface area contributed by atoms with Gasteiger partial charge in [-0.25, -0.2) is 0 Å².